The van der Waals surface area contributed by atoms with Crippen molar-refractivity contribution in [1.29, 1.82) is 0 Å². The Labute approximate surface area is 109 Å². The third-order valence-corrected chi connectivity index (χ3v) is 5.50. The molecule has 1 fully saturated rings. The lowest BCUT2D eigenvalue weighted by atomic mass is 10.1. The molecule has 0 heterocycles. The zero-order valence-electron chi connectivity index (χ0n) is 11.1. The zero-order chi connectivity index (χ0) is 12.3. The van der Waals surface area contributed by atoms with Gasteiger partial charge in [-0.3, -0.25) is 0 Å². The maximum absolute atomic E-state index is 3.61. The molecule has 1 aliphatic rings. The number of benzene rings is 1. The lowest BCUT2D eigenvalue weighted by Crippen LogP contribution is -2.33. The van der Waals surface area contributed by atoms with Gasteiger partial charge in [-0.15, -0.1) is 11.8 Å². The monoisotopic (exact) mass is 249 g/mol. The molecule has 0 radical (unpaired) electrons. The molecule has 1 aromatic rings. The van der Waals surface area contributed by atoms with Crippen molar-refractivity contribution < 1.29 is 0 Å². The van der Waals surface area contributed by atoms with Gasteiger partial charge in [-0.2, -0.15) is 0 Å². The Kier molecular flexibility index (Phi) is 4.52. The standard InChI is InChI=1S/C15H23NS/c1-4-16-13-9-10-15(12(13)3)17-14-8-6-5-7-11(14)2/h5-8,12-13,15-16H,4,9-10H2,1-3H3. The minimum atomic E-state index is 0.724. The van der Waals surface area contributed by atoms with Gasteiger partial charge in [-0.25, -0.2) is 0 Å². The van der Waals surface area contributed by atoms with Crippen molar-refractivity contribution in [3.05, 3.63) is 29.8 Å². The Balaban J connectivity index is 1.99. The normalized spacial score (nSPS) is 28.5. The Bertz CT molecular complexity index is 364. The average Bonchev–Trinajstić information content (AvgIpc) is 2.65. The molecule has 0 saturated heterocycles. The number of nitrogens with one attached hydrogen (secondary N) is 1. The molecule has 2 rings (SSSR count). The number of aryl methyl sites for hydroxylation is 1. The predicted molar refractivity (Wildman–Crippen MR) is 76.7 cm³/mol. The highest BCUT2D eigenvalue weighted by molar-refractivity contribution is 8.00. The molecule has 0 aromatic heterocycles. The first-order chi connectivity index (χ1) is 8.22. The van der Waals surface area contributed by atoms with Gasteiger partial charge in [0.05, 0.1) is 0 Å². The second-order valence-electron chi connectivity index (χ2n) is 5.02. The summed E-state index contributed by atoms with van der Waals surface area (Å²) in [5, 5.41) is 4.39. The molecule has 1 aliphatic carbocycles. The molecule has 0 bridgehead atoms. The van der Waals surface area contributed by atoms with Crippen molar-refractivity contribution in [1.82, 2.24) is 5.32 Å². The van der Waals surface area contributed by atoms with Crippen LogP contribution in [0.5, 0.6) is 0 Å². The van der Waals surface area contributed by atoms with E-state index in [-0.39, 0.29) is 0 Å². The first-order valence-electron chi connectivity index (χ1n) is 6.68. The van der Waals surface area contributed by atoms with Gasteiger partial charge >= 0.3 is 0 Å². The summed E-state index contributed by atoms with van der Waals surface area (Å²) in [6, 6.07) is 9.47. The summed E-state index contributed by atoms with van der Waals surface area (Å²) >= 11 is 2.08. The molecule has 17 heavy (non-hydrogen) atoms. The second-order valence-corrected chi connectivity index (χ2v) is 6.30. The molecule has 3 unspecified atom stereocenters. The molecule has 1 aromatic carbocycles. The fraction of sp³-hybridized carbons (Fsp3) is 0.600. The number of hydrogen-bond donors (Lipinski definition) is 1. The SMILES string of the molecule is CCNC1CCC(Sc2ccccc2C)C1C. The first kappa shape index (κ1) is 13.0. The van der Waals surface area contributed by atoms with Gasteiger partial charge in [0.2, 0.25) is 0 Å². The summed E-state index contributed by atoms with van der Waals surface area (Å²) in [5.74, 6) is 0.777. The van der Waals surface area contributed by atoms with Crippen LogP contribution in [0.3, 0.4) is 0 Å². The molecule has 1 saturated carbocycles. The smallest absolute Gasteiger partial charge is 0.0135 e. The zero-order valence-corrected chi connectivity index (χ0v) is 11.9. The summed E-state index contributed by atoms with van der Waals surface area (Å²) in [4.78, 5) is 1.46. The summed E-state index contributed by atoms with van der Waals surface area (Å²) < 4.78 is 0. The maximum atomic E-state index is 3.61. The molecular weight excluding hydrogens is 226 g/mol. The number of rotatable bonds is 4. The molecular formula is C15H23NS. The van der Waals surface area contributed by atoms with Crippen LogP contribution in [0.25, 0.3) is 0 Å². The summed E-state index contributed by atoms with van der Waals surface area (Å²) in [6.07, 6.45) is 2.68. The molecule has 0 amide bonds. The van der Waals surface area contributed by atoms with Crippen molar-refractivity contribution >= 4 is 11.8 Å². The van der Waals surface area contributed by atoms with Gasteiger partial charge in [0.25, 0.3) is 0 Å². The third kappa shape index (κ3) is 3.05. The van der Waals surface area contributed by atoms with Gasteiger partial charge in [0, 0.05) is 16.2 Å². The first-order valence-corrected chi connectivity index (χ1v) is 7.56. The number of thioether (sulfide) groups is 1. The van der Waals surface area contributed by atoms with Crippen LogP contribution in [-0.2, 0) is 0 Å². The van der Waals surface area contributed by atoms with E-state index in [1.807, 2.05) is 0 Å². The Morgan fingerprint density at radius 3 is 2.76 bits per heavy atom. The fourth-order valence-electron chi connectivity index (χ4n) is 2.70. The Hall–Kier alpha value is -0.470. The van der Waals surface area contributed by atoms with Crippen molar-refractivity contribution in [2.45, 2.75) is 49.8 Å². The van der Waals surface area contributed by atoms with E-state index >= 15 is 0 Å². The van der Waals surface area contributed by atoms with Gasteiger partial charge < -0.3 is 5.32 Å². The van der Waals surface area contributed by atoms with Crippen molar-refractivity contribution in [3.63, 3.8) is 0 Å². The molecule has 94 valence electrons. The molecule has 2 heteroatoms. The third-order valence-electron chi connectivity index (χ3n) is 3.82. The molecule has 3 atom stereocenters. The second kappa shape index (κ2) is 5.92. The molecule has 0 aliphatic heterocycles. The fourth-order valence-corrected chi connectivity index (χ4v) is 4.09. The average molecular weight is 249 g/mol. The van der Waals surface area contributed by atoms with Crippen LogP contribution in [0.4, 0.5) is 0 Å². The summed E-state index contributed by atoms with van der Waals surface area (Å²) in [6.45, 7) is 7.91. The largest absolute Gasteiger partial charge is 0.314 e. The van der Waals surface area contributed by atoms with Crippen molar-refractivity contribution in [3.8, 4) is 0 Å². The van der Waals surface area contributed by atoms with Crippen LogP contribution < -0.4 is 5.32 Å². The van der Waals surface area contributed by atoms with Crippen molar-refractivity contribution in [2.24, 2.45) is 5.92 Å². The minimum Gasteiger partial charge on any atom is -0.314 e. The van der Waals surface area contributed by atoms with Gasteiger partial charge in [-0.05, 0) is 43.9 Å². The van der Waals surface area contributed by atoms with E-state index < -0.39 is 0 Å². The van der Waals surface area contributed by atoms with Crippen LogP contribution in [0.15, 0.2) is 29.2 Å². The van der Waals surface area contributed by atoms with Crippen LogP contribution >= 0.6 is 11.8 Å². The van der Waals surface area contributed by atoms with Crippen LogP contribution in [0, 0.1) is 12.8 Å². The highest BCUT2D eigenvalue weighted by Crippen LogP contribution is 2.39. The van der Waals surface area contributed by atoms with E-state index in [0.717, 1.165) is 23.8 Å². The van der Waals surface area contributed by atoms with E-state index in [1.165, 1.54) is 23.3 Å². The predicted octanol–water partition coefficient (Wildman–Crippen LogP) is 3.86. The summed E-state index contributed by atoms with van der Waals surface area (Å²) in [5.41, 5.74) is 1.41. The minimum absolute atomic E-state index is 0.724. The topological polar surface area (TPSA) is 12.0 Å². The van der Waals surface area contributed by atoms with Gasteiger partial charge in [0.15, 0.2) is 0 Å². The highest BCUT2D eigenvalue weighted by atomic mass is 32.2. The van der Waals surface area contributed by atoms with E-state index in [1.54, 1.807) is 0 Å². The van der Waals surface area contributed by atoms with Crippen LogP contribution in [0.1, 0.15) is 32.3 Å². The van der Waals surface area contributed by atoms with Crippen LogP contribution in [-0.4, -0.2) is 17.8 Å². The maximum Gasteiger partial charge on any atom is 0.0135 e. The van der Waals surface area contributed by atoms with Crippen molar-refractivity contribution in [2.75, 3.05) is 6.54 Å². The van der Waals surface area contributed by atoms with E-state index in [2.05, 4.69) is 62.1 Å². The quantitative estimate of drug-likeness (QED) is 0.869. The number of hydrogen-bond acceptors (Lipinski definition) is 2. The lowest BCUT2D eigenvalue weighted by molar-refractivity contribution is 0.441. The van der Waals surface area contributed by atoms with Gasteiger partial charge in [0.1, 0.15) is 0 Å². The highest BCUT2D eigenvalue weighted by Gasteiger charge is 2.32. The van der Waals surface area contributed by atoms with E-state index in [4.69, 9.17) is 0 Å². The van der Waals surface area contributed by atoms with E-state index in [0.29, 0.717) is 0 Å². The van der Waals surface area contributed by atoms with Crippen LogP contribution in [0.2, 0.25) is 0 Å². The lowest BCUT2D eigenvalue weighted by Gasteiger charge is -2.21. The Morgan fingerprint density at radius 1 is 1.29 bits per heavy atom. The molecule has 1 N–H and O–H groups in total. The molecule has 0 spiro atoms. The molecule has 1 nitrogen and oxygen atoms in total. The summed E-state index contributed by atoms with van der Waals surface area (Å²) in [7, 11) is 0. The Morgan fingerprint density at radius 2 is 2.06 bits per heavy atom. The van der Waals surface area contributed by atoms with E-state index in [9.17, 15) is 0 Å². The van der Waals surface area contributed by atoms with Gasteiger partial charge in [-0.1, -0.05) is 32.0 Å².